The van der Waals surface area contributed by atoms with Gasteiger partial charge in [0.1, 0.15) is 0 Å². The number of ether oxygens (including phenoxy) is 1. The van der Waals surface area contributed by atoms with Gasteiger partial charge in [0.05, 0.1) is 6.10 Å². The maximum absolute atomic E-state index is 5.77. The molecule has 0 saturated heterocycles. The summed E-state index contributed by atoms with van der Waals surface area (Å²) >= 11 is 0. The molecule has 0 heterocycles. The molecule has 2 unspecified atom stereocenters. The second-order valence-electron chi connectivity index (χ2n) is 5.41. The third kappa shape index (κ3) is 4.63. The third-order valence-corrected chi connectivity index (χ3v) is 3.73. The van der Waals surface area contributed by atoms with E-state index in [1.165, 1.54) is 22.3 Å². The molecule has 1 rings (SSSR count). The highest BCUT2D eigenvalue weighted by Crippen LogP contribution is 2.19. The average Bonchev–Trinajstić information content (AvgIpc) is 2.32. The number of hydrogen-bond acceptors (Lipinski definition) is 2. The number of rotatable bonds is 7. The Bertz CT molecular complexity index is 377. The van der Waals surface area contributed by atoms with E-state index in [0.717, 1.165) is 19.6 Å². The van der Waals surface area contributed by atoms with E-state index in [1.807, 2.05) is 0 Å². The van der Waals surface area contributed by atoms with Gasteiger partial charge in [0, 0.05) is 12.6 Å². The van der Waals surface area contributed by atoms with Crippen LogP contribution in [0.2, 0.25) is 0 Å². The van der Waals surface area contributed by atoms with Crippen molar-refractivity contribution in [3.8, 4) is 0 Å². The Morgan fingerprint density at radius 2 is 1.68 bits per heavy atom. The molecule has 0 radical (unpaired) electrons. The molecule has 0 amide bonds. The van der Waals surface area contributed by atoms with Crippen molar-refractivity contribution in [1.29, 1.82) is 0 Å². The Balaban J connectivity index is 2.90. The summed E-state index contributed by atoms with van der Waals surface area (Å²) in [4.78, 5) is 0. The van der Waals surface area contributed by atoms with Crippen LogP contribution in [0.5, 0.6) is 0 Å². The molecule has 0 aliphatic heterocycles. The van der Waals surface area contributed by atoms with Crippen LogP contribution in [0.1, 0.15) is 43.0 Å². The van der Waals surface area contributed by atoms with Crippen molar-refractivity contribution in [3.63, 3.8) is 0 Å². The Morgan fingerprint density at radius 3 is 2.16 bits per heavy atom. The second kappa shape index (κ2) is 7.66. The van der Waals surface area contributed by atoms with E-state index in [-0.39, 0.29) is 6.10 Å². The van der Waals surface area contributed by atoms with Crippen molar-refractivity contribution < 1.29 is 4.74 Å². The Hall–Kier alpha value is -0.860. The summed E-state index contributed by atoms with van der Waals surface area (Å²) in [6.07, 6.45) is 1.28. The van der Waals surface area contributed by atoms with Crippen LogP contribution in [0.25, 0.3) is 0 Å². The van der Waals surface area contributed by atoms with Crippen molar-refractivity contribution in [2.45, 2.75) is 60.1 Å². The molecule has 108 valence electrons. The summed E-state index contributed by atoms with van der Waals surface area (Å²) in [5.74, 6) is 0. The molecule has 0 fully saturated rings. The molecule has 0 bridgehead atoms. The van der Waals surface area contributed by atoms with Crippen molar-refractivity contribution >= 4 is 0 Å². The molecular weight excluding hydrogens is 234 g/mol. The summed E-state index contributed by atoms with van der Waals surface area (Å²) in [6.45, 7) is 14.7. The van der Waals surface area contributed by atoms with Gasteiger partial charge in [-0.3, -0.25) is 0 Å². The summed E-state index contributed by atoms with van der Waals surface area (Å²) in [7, 11) is 0. The zero-order valence-electron chi connectivity index (χ0n) is 13.3. The number of likely N-dealkylation sites (N-methyl/N-ethyl adjacent to an activating group) is 1. The van der Waals surface area contributed by atoms with E-state index in [9.17, 15) is 0 Å². The average molecular weight is 263 g/mol. The molecule has 19 heavy (non-hydrogen) atoms. The van der Waals surface area contributed by atoms with Gasteiger partial charge in [-0.2, -0.15) is 0 Å². The minimum Gasteiger partial charge on any atom is -0.377 e. The molecule has 2 atom stereocenters. The van der Waals surface area contributed by atoms with E-state index >= 15 is 0 Å². The molecular formula is C17H29NO. The normalized spacial score (nSPS) is 14.4. The molecule has 2 heteroatoms. The van der Waals surface area contributed by atoms with Gasteiger partial charge in [0.25, 0.3) is 0 Å². The van der Waals surface area contributed by atoms with Crippen LogP contribution in [0.15, 0.2) is 12.1 Å². The lowest BCUT2D eigenvalue weighted by Gasteiger charge is -2.26. The van der Waals surface area contributed by atoms with Crippen LogP contribution in [0, 0.1) is 20.8 Å². The summed E-state index contributed by atoms with van der Waals surface area (Å²) in [5.41, 5.74) is 5.59. The fraction of sp³-hybridized carbons (Fsp3) is 0.647. The first-order valence-electron chi connectivity index (χ1n) is 7.41. The molecule has 2 nitrogen and oxygen atoms in total. The van der Waals surface area contributed by atoms with Crippen molar-refractivity contribution in [1.82, 2.24) is 5.32 Å². The lowest BCUT2D eigenvalue weighted by molar-refractivity contribution is 0.0480. The van der Waals surface area contributed by atoms with E-state index in [4.69, 9.17) is 4.74 Å². The number of benzene rings is 1. The van der Waals surface area contributed by atoms with Gasteiger partial charge >= 0.3 is 0 Å². The van der Waals surface area contributed by atoms with Crippen molar-refractivity contribution in [2.24, 2.45) is 0 Å². The van der Waals surface area contributed by atoms with Crippen LogP contribution >= 0.6 is 0 Å². The number of aryl methyl sites for hydroxylation is 3. The monoisotopic (exact) mass is 263 g/mol. The standard InChI is InChI=1S/C17H29NO/c1-7-18-17(15(6)19-8-2)11-16-13(4)9-12(3)10-14(16)5/h9-10,15,17-18H,7-8,11H2,1-6H3. The molecule has 1 aromatic carbocycles. The SMILES string of the molecule is CCNC(Cc1c(C)cc(C)cc1C)C(C)OCC. The molecule has 1 aromatic rings. The molecule has 0 saturated carbocycles. The lowest BCUT2D eigenvalue weighted by atomic mass is 9.93. The van der Waals surface area contributed by atoms with Gasteiger partial charge in [-0.15, -0.1) is 0 Å². The fourth-order valence-electron chi connectivity index (χ4n) is 2.80. The van der Waals surface area contributed by atoms with Crippen LogP contribution in [0.4, 0.5) is 0 Å². The Kier molecular flexibility index (Phi) is 6.53. The minimum absolute atomic E-state index is 0.241. The Labute approximate surface area is 118 Å². The Morgan fingerprint density at radius 1 is 1.11 bits per heavy atom. The quantitative estimate of drug-likeness (QED) is 0.812. The van der Waals surface area contributed by atoms with Crippen LogP contribution in [-0.2, 0) is 11.2 Å². The van der Waals surface area contributed by atoms with Gasteiger partial charge < -0.3 is 10.1 Å². The van der Waals surface area contributed by atoms with E-state index < -0.39 is 0 Å². The smallest absolute Gasteiger partial charge is 0.0703 e. The summed E-state index contributed by atoms with van der Waals surface area (Å²) in [6, 6.07) is 4.93. The van der Waals surface area contributed by atoms with E-state index in [2.05, 4.69) is 59.0 Å². The van der Waals surface area contributed by atoms with Crippen molar-refractivity contribution in [2.75, 3.05) is 13.2 Å². The fourth-order valence-corrected chi connectivity index (χ4v) is 2.80. The van der Waals surface area contributed by atoms with Crippen molar-refractivity contribution in [3.05, 3.63) is 34.4 Å². The molecule has 0 aliphatic rings. The van der Waals surface area contributed by atoms with Crippen LogP contribution in [-0.4, -0.2) is 25.3 Å². The first kappa shape index (κ1) is 16.2. The maximum Gasteiger partial charge on any atom is 0.0703 e. The van der Waals surface area contributed by atoms with E-state index in [1.54, 1.807) is 0 Å². The van der Waals surface area contributed by atoms with Gasteiger partial charge in [-0.05, 0) is 64.3 Å². The minimum atomic E-state index is 0.241. The first-order valence-corrected chi connectivity index (χ1v) is 7.41. The number of nitrogens with one attached hydrogen (secondary N) is 1. The van der Waals surface area contributed by atoms with E-state index in [0.29, 0.717) is 6.04 Å². The largest absolute Gasteiger partial charge is 0.377 e. The molecule has 0 aromatic heterocycles. The first-order chi connectivity index (χ1) is 8.99. The highest BCUT2D eigenvalue weighted by Gasteiger charge is 2.18. The predicted octanol–water partition coefficient (Wildman–Crippen LogP) is 3.56. The topological polar surface area (TPSA) is 21.3 Å². The maximum atomic E-state index is 5.77. The summed E-state index contributed by atoms with van der Waals surface area (Å²) in [5, 5.41) is 3.56. The van der Waals surface area contributed by atoms with Gasteiger partial charge in [0.15, 0.2) is 0 Å². The number of hydrogen-bond donors (Lipinski definition) is 1. The second-order valence-corrected chi connectivity index (χ2v) is 5.41. The van der Waals surface area contributed by atoms with Crippen LogP contribution < -0.4 is 5.32 Å². The molecule has 0 spiro atoms. The van der Waals surface area contributed by atoms with Gasteiger partial charge in [-0.25, -0.2) is 0 Å². The van der Waals surface area contributed by atoms with Gasteiger partial charge in [0.2, 0.25) is 0 Å². The summed E-state index contributed by atoms with van der Waals surface area (Å²) < 4.78 is 5.77. The highest BCUT2D eigenvalue weighted by molar-refractivity contribution is 5.38. The highest BCUT2D eigenvalue weighted by atomic mass is 16.5. The molecule has 0 aliphatic carbocycles. The lowest BCUT2D eigenvalue weighted by Crippen LogP contribution is -2.41. The molecule has 1 N–H and O–H groups in total. The van der Waals surface area contributed by atoms with Crippen LogP contribution in [0.3, 0.4) is 0 Å². The third-order valence-electron chi connectivity index (χ3n) is 3.73. The zero-order chi connectivity index (χ0) is 14.4. The zero-order valence-corrected chi connectivity index (χ0v) is 13.3. The predicted molar refractivity (Wildman–Crippen MR) is 82.9 cm³/mol. The van der Waals surface area contributed by atoms with Gasteiger partial charge in [-0.1, -0.05) is 24.6 Å².